The quantitative estimate of drug-likeness (QED) is 0.423. The van der Waals surface area contributed by atoms with Gasteiger partial charge < -0.3 is 34.3 Å². The van der Waals surface area contributed by atoms with E-state index in [4.69, 9.17) is 9.47 Å². The van der Waals surface area contributed by atoms with E-state index in [0.717, 1.165) is 0 Å². The second-order valence-corrected chi connectivity index (χ2v) is 3.91. The minimum absolute atomic E-state index is 0.00501. The molecule has 8 heteroatoms. The van der Waals surface area contributed by atoms with E-state index in [1.165, 1.54) is 13.2 Å². The molecule has 1 aliphatic heterocycles. The van der Waals surface area contributed by atoms with Crippen molar-refractivity contribution < 1.29 is 39.1 Å². The second kappa shape index (κ2) is 7.41. The van der Waals surface area contributed by atoms with Crippen molar-refractivity contribution in [3.05, 3.63) is 12.7 Å². The van der Waals surface area contributed by atoms with Crippen LogP contribution in [-0.2, 0) is 18.9 Å². The Hall–Kier alpha value is -1.19. The molecule has 0 amide bonds. The molecule has 5 atom stereocenters. The summed E-state index contributed by atoms with van der Waals surface area (Å²) in [6, 6.07) is 0. The second-order valence-electron chi connectivity index (χ2n) is 3.91. The fraction of sp³-hybridized carbons (Fsp3) is 0.727. The third-order valence-electron chi connectivity index (χ3n) is 2.59. The van der Waals surface area contributed by atoms with Gasteiger partial charge in [-0.2, -0.15) is 0 Å². The van der Waals surface area contributed by atoms with E-state index >= 15 is 0 Å². The summed E-state index contributed by atoms with van der Waals surface area (Å²) in [5.74, 6) is 0. The van der Waals surface area contributed by atoms with Crippen molar-refractivity contribution >= 4 is 6.16 Å². The van der Waals surface area contributed by atoms with Crippen molar-refractivity contribution in [2.45, 2.75) is 30.7 Å². The summed E-state index contributed by atoms with van der Waals surface area (Å²) < 4.78 is 19.2. The molecule has 0 aromatic rings. The molecule has 0 aliphatic carbocycles. The van der Waals surface area contributed by atoms with Gasteiger partial charge >= 0.3 is 6.16 Å². The van der Waals surface area contributed by atoms with Crippen LogP contribution < -0.4 is 0 Å². The molecule has 1 aliphatic rings. The van der Waals surface area contributed by atoms with E-state index < -0.39 is 36.9 Å². The molecule has 0 aromatic carbocycles. The normalized spacial score (nSPS) is 34.6. The third kappa shape index (κ3) is 4.15. The van der Waals surface area contributed by atoms with E-state index in [9.17, 15) is 20.1 Å². The van der Waals surface area contributed by atoms with Gasteiger partial charge in [0.25, 0.3) is 0 Å². The minimum atomic E-state index is -1.46. The molecule has 1 fully saturated rings. The molecule has 0 unspecified atom stereocenters. The van der Waals surface area contributed by atoms with E-state index in [-0.39, 0.29) is 13.2 Å². The summed E-state index contributed by atoms with van der Waals surface area (Å²) in [7, 11) is 1.27. The van der Waals surface area contributed by atoms with Crippen molar-refractivity contribution in [2.24, 2.45) is 0 Å². The minimum Gasteiger partial charge on any atom is -0.431 e. The van der Waals surface area contributed by atoms with Crippen LogP contribution in [-0.4, -0.2) is 72.5 Å². The summed E-state index contributed by atoms with van der Waals surface area (Å²) in [5, 5.41) is 28.8. The lowest BCUT2D eigenvalue weighted by Crippen LogP contribution is -2.59. The predicted molar refractivity (Wildman–Crippen MR) is 61.2 cm³/mol. The number of methoxy groups -OCH3 is 1. The van der Waals surface area contributed by atoms with Gasteiger partial charge in [0.15, 0.2) is 6.29 Å². The topological polar surface area (TPSA) is 115 Å². The SMILES string of the molecule is C=CCOC(=O)OC[C@H]1O[C@H](OC)[C@H](O)[C@@H](O)[C@@H]1O. The number of hydrogen-bond donors (Lipinski definition) is 3. The number of ether oxygens (including phenoxy) is 4. The Balaban J connectivity index is 2.48. The van der Waals surface area contributed by atoms with Gasteiger partial charge in [-0.05, 0) is 0 Å². The van der Waals surface area contributed by atoms with Crippen LogP contribution in [0, 0.1) is 0 Å². The zero-order valence-corrected chi connectivity index (χ0v) is 10.5. The number of rotatable bonds is 5. The molecule has 3 N–H and O–H groups in total. The van der Waals surface area contributed by atoms with Gasteiger partial charge in [-0.15, -0.1) is 0 Å². The highest BCUT2D eigenvalue weighted by Gasteiger charge is 2.44. The molecule has 8 nitrogen and oxygen atoms in total. The largest absolute Gasteiger partial charge is 0.508 e. The van der Waals surface area contributed by atoms with Crippen LogP contribution >= 0.6 is 0 Å². The van der Waals surface area contributed by atoms with Crippen molar-refractivity contribution in [3.63, 3.8) is 0 Å². The van der Waals surface area contributed by atoms with Gasteiger partial charge in [0, 0.05) is 7.11 Å². The van der Waals surface area contributed by atoms with Gasteiger partial charge in [-0.3, -0.25) is 0 Å². The highest BCUT2D eigenvalue weighted by atomic mass is 16.7. The Bertz CT molecular complexity index is 305. The van der Waals surface area contributed by atoms with Crippen LogP contribution in [0.15, 0.2) is 12.7 Å². The number of aliphatic hydroxyl groups is 3. The maximum Gasteiger partial charge on any atom is 0.508 e. The Labute approximate surface area is 110 Å². The summed E-state index contributed by atoms with van der Waals surface area (Å²) in [4.78, 5) is 11.1. The Morgan fingerprint density at radius 3 is 2.53 bits per heavy atom. The Kier molecular flexibility index (Phi) is 6.19. The third-order valence-corrected chi connectivity index (χ3v) is 2.59. The van der Waals surface area contributed by atoms with Crippen LogP contribution in [0.3, 0.4) is 0 Å². The first-order valence-electron chi connectivity index (χ1n) is 5.64. The van der Waals surface area contributed by atoms with Crippen LogP contribution in [0.5, 0.6) is 0 Å². The lowest BCUT2D eigenvalue weighted by molar-refractivity contribution is -0.294. The highest BCUT2D eigenvalue weighted by Crippen LogP contribution is 2.21. The van der Waals surface area contributed by atoms with E-state index in [2.05, 4.69) is 16.1 Å². The first kappa shape index (κ1) is 15.9. The first-order chi connectivity index (χ1) is 9.01. The molecular weight excluding hydrogens is 260 g/mol. The summed E-state index contributed by atoms with van der Waals surface area (Å²) in [5.41, 5.74) is 0. The number of hydrogen-bond acceptors (Lipinski definition) is 8. The van der Waals surface area contributed by atoms with E-state index in [1.54, 1.807) is 0 Å². The lowest BCUT2D eigenvalue weighted by atomic mass is 9.99. The number of carbonyl (C=O) groups excluding carboxylic acids is 1. The molecular formula is C11H18O8. The average molecular weight is 278 g/mol. The van der Waals surface area contributed by atoms with Crippen molar-refractivity contribution in [1.82, 2.24) is 0 Å². The van der Waals surface area contributed by atoms with Gasteiger partial charge in [0.2, 0.25) is 0 Å². The zero-order valence-electron chi connectivity index (χ0n) is 10.5. The van der Waals surface area contributed by atoms with Crippen LogP contribution in [0.25, 0.3) is 0 Å². The molecule has 1 rings (SSSR count). The van der Waals surface area contributed by atoms with Gasteiger partial charge in [-0.1, -0.05) is 12.7 Å². The van der Waals surface area contributed by atoms with Crippen molar-refractivity contribution in [3.8, 4) is 0 Å². The first-order valence-corrected chi connectivity index (χ1v) is 5.64. The van der Waals surface area contributed by atoms with Gasteiger partial charge in [0.1, 0.15) is 37.6 Å². The molecule has 0 bridgehead atoms. The van der Waals surface area contributed by atoms with Crippen LogP contribution in [0.2, 0.25) is 0 Å². The summed E-state index contributed by atoms with van der Waals surface area (Å²) in [6.07, 6.45) is -5.98. The van der Waals surface area contributed by atoms with Gasteiger partial charge in [-0.25, -0.2) is 4.79 Å². The highest BCUT2D eigenvalue weighted by molar-refractivity contribution is 5.59. The number of carbonyl (C=O) groups is 1. The molecule has 110 valence electrons. The Morgan fingerprint density at radius 1 is 1.26 bits per heavy atom. The molecule has 0 spiro atoms. The monoisotopic (exact) mass is 278 g/mol. The average Bonchev–Trinajstić information content (AvgIpc) is 2.41. The predicted octanol–water partition coefficient (Wildman–Crippen LogP) is -1.22. The van der Waals surface area contributed by atoms with E-state index in [0.29, 0.717) is 0 Å². The molecule has 1 saturated heterocycles. The summed E-state index contributed by atoms with van der Waals surface area (Å²) >= 11 is 0. The van der Waals surface area contributed by atoms with Crippen LogP contribution in [0.1, 0.15) is 0 Å². The maximum atomic E-state index is 11.1. The van der Waals surface area contributed by atoms with E-state index in [1.807, 2.05) is 0 Å². The fourth-order valence-corrected chi connectivity index (χ4v) is 1.57. The van der Waals surface area contributed by atoms with Crippen molar-refractivity contribution in [2.75, 3.05) is 20.3 Å². The smallest absolute Gasteiger partial charge is 0.431 e. The standard InChI is InChI=1S/C11H18O8/c1-3-4-17-11(15)18-5-6-7(12)8(13)9(14)10(16-2)19-6/h3,6-10,12-14H,1,4-5H2,2H3/t6-,7-,8+,9-,10+/m1/s1. The van der Waals surface area contributed by atoms with Crippen LogP contribution in [0.4, 0.5) is 4.79 Å². The molecule has 0 aromatic heterocycles. The molecule has 0 saturated carbocycles. The maximum absolute atomic E-state index is 11.1. The molecule has 19 heavy (non-hydrogen) atoms. The molecule has 0 radical (unpaired) electrons. The van der Waals surface area contributed by atoms with Crippen molar-refractivity contribution in [1.29, 1.82) is 0 Å². The summed E-state index contributed by atoms with van der Waals surface area (Å²) in [6.45, 7) is 3.01. The number of aliphatic hydroxyl groups excluding tert-OH is 3. The zero-order chi connectivity index (χ0) is 14.4. The molecule has 1 heterocycles. The Morgan fingerprint density at radius 2 is 1.95 bits per heavy atom. The van der Waals surface area contributed by atoms with Gasteiger partial charge in [0.05, 0.1) is 0 Å². The fourth-order valence-electron chi connectivity index (χ4n) is 1.57. The lowest BCUT2D eigenvalue weighted by Gasteiger charge is -2.39.